The molecule has 0 aromatic heterocycles. The molecule has 0 N–H and O–H groups in total. The highest BCUT2D eigenvalue weighted by Gasteiger charge is 2.26. The Morgan fingerprint density at radius 2 is 1.24 bits per heavy atom. The van der Waals surface area contributed by atoms with E-state index in [4.69, 9.17) is 34.8 Å². The minimum atomic E-state index is -0.629. The second kappa shape index (κ2) is 4.89. The largest absolute Gasteiger partial charge is 0.109 e. The van der Waals surface area contributed by atoms with Gasteiger partial charge in [-0.25, -0.2) is 0 Å². The molecule has 17 heavy (non-hydrogen) atoms. The Labute approximate surface area is 116 Å². The summed E-state index contributed by atoms with van der Waals surface area (Å²) in [5.41, 5.74) is 1.91. The van der Waals surface area contributed by atoms with Crippen LogP contribution in [-0.4, -0.2) is 0 Å². The van der Waals surface area contributed by atoms with E-state index in [1.165, 1.54) is 0 Å². The van der Waals surface area contributed by atoms with Crippen LogP contribution >= 0.6 is 34.8 Å². The summed E-state index contributed by atoms with van der Waals surface area (Å²) in [7, 11) is 0. The molecule has 2 rings (SSSR count). The van der Waals surface area contributed by atoms with Crippen LogP contribution in [0, 0.1) is 0 Å². The van der Waals surface area contributed by atoms with E-state index in [1.807, 2.05) is 55.5 Å². The van der Waals surface area contributed by atoms with Crippen molar-refractivity contribution in [3.8, 4) is 0 Å². The minimum Gasteiger partial charge on any atom is -0.109 e. The predicted molar refractivity (Wildman–Crippen MR) is 75.2 cm³/mol. The highest BCUT2D eigenvalue weighted by Crippen LogP contribution is 2.37. The lowest BCUT2D eigenvalue weighted by atomic mass is 9.92. The Hall–Kier alpha value is -0.690. The zero-order valence-electron chi connectivity index (χ0n) is 9.25. The van der Waals surface area contributed by atoms with Gasteiger partial charge in [0.05, 0.1) is 4.87 Å². The van der Waals surface area contributed by atoms with Crippen molar-refractivity contribution in [3.05, 3.63) is 69.7 Å². The van der Waals surface area contributed by atoms with Crippen molar-refractivity contribution >= 4 is 34.8 Å². The Morgan fingerprint density at radius 3 is 1.59 bits per heavy atom. The van der Waals surface area contributed by atoms with Crippen molar-refractivity contribution in [2.75, 3.05) is 0 Å². The summed E-state index contributed by atoms with van der Waals surface area (Å²) in [4.78, 5) is -0.629. The summed E-state index contributed by atoms with van der Waals surface area (Å²) >= 11 is 18.6. The molecular weight excluding hydrogens is 275 g/mol. The van der Waals surface area contributed by atoms with Crippen LogP contribution in [0.2, 0.25) is 10.0 Å². The molecule has 0 amide bonds. The number of halogens is 3. The summed E-state index contributed by atoms with van der Waals surface area (Å²) in [6.07, 6.45) is 0. The summed E-state index contributed by atoms with van der Waals surface area (Å²) < 4.78 is 0. The van der Waals surface area contributed by atoms with Gasteiger partial charge in [0.2, 0.25) is 0 Å². The second-order valence-electron chi connectivity index (χ2n) is 4.02. The lowest BCUT2D eigenvalue weighted by molar-refractivity contribution is 0.823. The number of hydrogen-bond acceptors (Lipinski definition) is 0. The minimum absolute atomic E-state index is 0.629. The van der Waals surface area contributed by atoms with Crippen LogP contribution < -0.4 is 0 Å². The molecule has 0 aliphatic rings. The fourth-order valence-corrected chi connectivity index (χ4v) is 2.34. The van der Waals surface area contributed by atoms with Gasteiger partial charge in [0.25, 0.3) is 0 Å². The van der Waals surface area contributed by atoms with Gasteiger partial charge < -0.3 is 0 Å². The van der Waals surface area contributed by atoms with E-state index in [9.17, 15) is 0 Å². The summed E-state index contributed by atoms with van der Waals surface area (Å²) in [6.45, 7) is 1.94. The number of alkyl halides is 1. The van der Waals surface area contributed by atoms with Gasteiger partial charge in [-0.3, -0.25) is 0 Å². The fraction of sp³-hybridized carbons (Fsp3) is 0.143. The molecule has 0 saturated carbocycles. The van der Waals surface area contributed by atoms with E-state index in [0.29, 0.717) is 10.0 Å². The smallest absolute Gasteiger partial charge is 0.0917 e. The molecule has 0 heterocycles. The van der Waals surface area contributed by atoms with E-state index < -0.39 is 4.87 Å². The zero-order chi connectivity index (χ0) is 12.5. The Morgan fingerprint density at radius 1 is 0.824 bits per heavy atom. The van der Waals surface area contributed by atoms with Gasteiger partial charge >= 0.3 is 0 Å². The molecule has 0 unspecified atom stereocenters. The van der Waals surface area contributed by atoms with Crippen LogP contribution in [0.15, 0.2) is 48.5 Å². The lowest BCUT2D eigenvalue weighted by Gasteiger charge is -2.23. The summed E-state index contributed by atoms with van der Waals surface area (Å²) in [6, 6.07) is 15.1. The van der Waals surface area contributed by atoms with Gasteiger partial charge in [-0.2, -0.15) is 0 Å². The van der Waals surface area contributed by atoms with Crippen molar-refractivity contribution in [2.24, 2.45) is 0 Å². The first kappa shape index (κ1) is 12.8. The first-order valence-corrected chi connectivity index (χ1v) is 6.34. The molecule has 0 fully saturated rings. The van der Waals surface area contributed by atoms with Crippen LogP contribution in [-0.2, 0) is 4.87 Å². The topological polar surface area (TPSA) is 0 Å². The summed E-state index contributed by atoms with van der Waals surface area (Å²) in [5, 5.41) is 1.35. The third-order valence-corrected chi connectivity index (χ3v) is 3.64. The van der Waals surface area contributed by atoms with Gasteiger partial charge in [-0.1, -0.05) is 47.5 Å². The summed E-state index contributed by atoms with van der Waals surface area (Å²) in [5.74, 6) is 0. The monoisotopic (exact) mass is 284 g/mol. The molecule has 0 atom stereocenters. The van der Waals surface area contributed by atoms with Crippen LogP contribution in [0.3, 0.4) is 0 Å². The van der Waals surface area contributed by atoms with Crippen LogP contribution in [0.25, 0.3) is 0 Å². The van der Waals surface area contributed by atoms with Crippen LogP contribution in [0.1, 0.15) is 18.1 Å². The normalized spacial score (nSPS) is 11.5. The van der Waals surface area contributed by atoms with Crippen molar-refractivity contribution in [3.63, 3.8) is 0 Å². The molecule has 2 aromatic carbocycles. The Bertz CT molecular complexity index is 485. The average Bonchev–Trinajstić information content (AvgIpc) is 2.29. The molecule has 0 aliphatic carbocycles. The molecule has 0 radical (unpaired) electrons. The molecular formula is C14H11Cl3. The maximum atomic E-state index is 6.61. The van der Waals surface area contributed by atoms with Crippen molar-refractivity contribution in [1.29, 1.82) is 0 Å². The van der Waals surface area contributed by atoms with Crippen LogP contribution in [0.5, 0.6) is 0 Å². The van der Waals surface area contributed by atoms with Crippen molar-refractivity contribution < 1.29 is 0 Å². The predicted octanol–water partition coefficient (Wildman–Crippen LogP) is 5.50. The van der Waals surface area contributed by atoms with Gasteiger partial charge in [-0.05, 0) is 42.3 Å². The highest BCUT2D eigenvalue weighted by molar-refractivity contribution is 6.31. The van der Waals surface area contributed by atoms with E-state index in [1.54, 1.807) is 0 Å². The second-order valence-corrected chi connectivity index (χ2v) is 5.65. The first-order chi connectivity index (χ1) is 8.00. The number of hydrogen-bond donors (Lipinski definition) is 0. The molecule has 0 spiro atoms. The molecule has 0 saturated heterocycles. The first-order valence-electron chi connectivity index (χ1n) is 5.21. The maximum absolute atomic E-state index is 6.61. The number of benzene rings is 2. The molecule has 2 aromatic rings. The van der Waals surface area contributed by atoms with E-state index in [0.717, 1.165) is 11.1 Å². The SMILES string of the molecule is CC(Cl)(c1cccc(Cl)c1)c1cccc(Cl)c1. The standard InChI is InChI=1S/C14H11Cl3/c1-14(17,10-4-2-6-12(15)8-10)11-5-3-7-13(16)9-11/h2-9H,1H3. The Kier molecular flexibility index (Phi) is 3.67. The number of rotatable bonds is 2. The molecule has 88 valence electrons. The molecule has 0 bridgehead atoms. The third-order valence-electron chi connectivity index (χ3n) is 2.73. The van der Waals surface area contributed by atoms with E-state index >= 15 is 0 Å². The lowest BCUT2D eigenvalue weighted by Crippen LogP contribution is -2.15. The van der Waals surface area contributed by atoms with Crippen molar-refractivity contribution in [1.82, 2.24) is 0 Å². The molecule has 0 nitrogen and oxygen atoms in total. The maximum Gasteiger partial charge on any atom is 0.0917 e. The zero-order valence-corrected chi connectivity index (χ0v) is 11.5. The van der Waals surface area contributed by atoms with Gasteiger partial charge in [0.15, 0.2) is 0 Å². The Balaban J connectivity index is 2.49. The average molecular weight is 286 g/mol. The van der Waals surface area contributed by atoms with Crippen LogP contribution in [0.4, 0.5) is 0 Å². The third kappa shape index (κ3) is 2.77. The van der Waals surface area contributed by atoms with Gasteiger partial charge in [0.1, 0.15) is 0 Å². The highest BCUT2D eigenvalue weighted by atomic mass is 35.5. The quantitative estimate of drug-likeness (QED) is 0.640. The molecule has 0 aliphatic heterocycles. The van der Waals surface area contributed by atoms with Gasteiger partial charge in [0, 0.05) is 10.0 Å². The van der Waals surface area contributed by atoms with E-state index in [-0.39, 0.29) is 0 Å². The van der Waals surface area contributed by atoms with E-state index in [2.05, 4.69) is 0 Å². The van der Waals surface area contributed by atoms with Gasteiger partial charge in [-0.15, -0.1) is 11.6 Å². The van der Waals surface area contributed by atoms with Crippen molar-refractivity contribution in [2.45, 2.75) is 11.8 Å². The molecule has 3 heteroatoms. The fourth-order valence-electron chi connectivity index (χ4n) is 1.73.